The fraction of sp³-hybridized carbons (Fsp3) is 0.143. The molecule has 0 aliphatic carbocycles. The number of benzene rings is 1. The Hall–Kier alpha value is -1.97. The van der Waals surface area contributed by atoms with Gasteiger partial charge >= 0.3 is 0 Å². The smallest absolute Gasteiger partial charge is 0.223 e. The number of nitrogens with zero attached hydrogens (tertiary/aromatic N) is 3. The van der Waals surface area contributed by atoms with Crippen LogP contribution in [0.5, 0.6) is 0 Å². The van der Waals surface area contributed by atoms with Crippen LogP contribution in [0.2, 0.25) is 0 Å². The van der Waals surface area contributed by atoms with Crippen LogP contribution in [0.25, 0.3) is 0 Å². The summed E-state index contributed by atoms with van der Waals surface area (Å²) >= 11 is 4.49. The van der Waals surface area contributed by atoms with E-state index in [2.05, 4.69) is 25.8 Å². The number of thiazole rings is 1. The molecule has 118 valence electrons. The van der Waals surface area contributed by atoms with Crippen LogP contribution in [0.3, 0.4) is 0 Å². The van der Waals surface area contributed by atoms with Gasteiger partial charge in [0.25, 0.3) is 0 Å². The Morgan fingerprint density at radius 2 is 2.04 bits per heavy atom. The van der Waals surface area contributed by atoms with Gasteiger partial charge in [0.1, 0.15) is 0 Å². The Labute approximate surface area is 145 Å². The summed E-state index contributed by atoms with van der Waals surface area (Å²) in [5, 5.41) is 17.5. The molecule has 1 amide bonds. The Balaban J connectivity index is 1.55. The highest BCUT2D eigenvalue weighted by molar-refractivity contribution is 8.00. The highest BCUT2D eigenvalue weighted by atomic mass is 32.2. The summed E-state index contributed by atoms with van der Waals surface area (Å²) in [6.45, 7) is 1.47. The zero-order valence-electron chi connectivity index (χ0n) is 12.1. The van der Waals surface area contributed by atoms with Crippen molar-refractivity contribution in [3.8, 4) is 0 Å². The first-order valence-electron chi connectivity index (χ1n) is 6.69. The molecule has 0 atom stereocenters. The number of carbonyl (C=O) groups excluding carboxylic acids is 1. The van der Waals surface area contributed by atoms with Gasteiger partial charge in [-0.1, -0.05) is 41.3 Å². The Morgan fingerprint density at radius 1 is 1.22 bits per heavy atom. The number of aromatic nitrogens is 3. The summed E-state index contributed by atoms with van der Waals surface area (Å²) in [6, 6.07) is 9.86. The molecule has 2 heterocycles. The van der Waals surface area contributed by atoms with Crippen molar-refractivity contribution in [3.05, 3.63) is 41.4 Å². The summed E-state index contributed by atoms with van der Waals surface area (Å²) in [5.41, 5.74) is 1.90. The molecule has 9 heteroatoms. The predicted molar refractivity (Wildman–Crippen MR) is 95.6 cm³/mol. The zero-order valence-corrected chi connectivity index (χ0v) is 14.6. The number of rotatable bonds is 6. The molecule has 6 nitrogen and oxygen atoms in total. The van der Waals surface area contributed by atoms with Crippen molar-refractivity contribution in [2.45, 2.75) is 17.0 Å². The molecule has 0 unspecified atom stereocenters. The van der Waals surface area contributed by atoms with E-state index in [4.69, 9.17) is 0 Å². The third-order valence-corrected chi connectivity index (χ3v) is 5.42. The molecule has 1 aromatic carbocycles. The van der Waals surface area contributed by atoms with Crippen LogP contribution < -0.4 is 10.6 Å². The molecule has 0 bridgehead atoms. The zero-order chi connectivity index (χ0) is 16.1. The number of anilines is 3. The van der Waals surface area contributed by atoms with Crippen molar-refractivity contribution in [2.75, 3.05) is 10.6 Å². The van der Waals surface area contributed by atoms with E-state index in [1.54, 1.807) is 11.8 Å². The largest absolute Gasteiger partial charge is 0.330 e. The summed E-state index contributed by atoms with van der Waals surface area (Å²) in [4.78, 5) is 15.3. The SMILES string of the molecule is CC(=O)Nc1nc(CSc2nnc(Nc3ccccc3)s2)cs1. The molecule has 2 aromatic heterocycles. The lowest BCUT2D eigenvalue weighted by molar-refractivity contribution is -0.114. The molecule has 0 saturated carbocycles. The molecule has 0 fully saturated rings. The minimum Gasteiger partial charge on any atom is -0.330 e. The molecule has 0 aliphatic rings. The van der Waals surface area contributed by atoms with E-state index in [1.165, 1.54) is 29.6 Å². The first kappa shape index (κ1) is 15.9. The first-order valence-corrected chi connectivity index (χ1v) is 9.37. The Kier molecular flexibility index (Phi) is 5.21. The maximum absolute atomic E-state index is 11.0. The summed E-state index contributed by atoms with van der Waals surface area (Å²) < 4.78 is 0.873. The van der Waals surface area contributed by atoms with Crippen LogP contribution in [0.4, 0.5) is 16.0 Å². The van der Waals surface area contributed by atoms with Gasteiger partial charge in [0.2, 0.25) is 11.0 Å². The lowest BCUT2D eigenvalue weighted by Gasteiger charge is -1.99. The van der Waals surface area contributed by atoms with Gasteiger partial charge in [-0.15, -0.1) is 21.5 Å². The highest BCUT2D eigenvalue weighted by Crippen LogP contribution is 2.30. The molecule has 0 aliphatic heterocycles. The average molecular weight is 363 g/mol. The minimum atomic E-state index is -0.112. The van der Waals surface area contributed by atoms with Crippen molar-refractivity contribution in [2.24, 2.45) is 0 Å². The van der Waals surface area contributed by atoms with E-state index < -0.39 is 0 Å². The summed E-state index contributed by atoms with van der Waals surface area (Å²) in [7, 11) is 0. The fourth-order valence-corrected chi connectivity index (χ4v) is 4.21. The second kappa shape index (κ2) is 7.53. The van der Waals surface area contributed by atoms with Crippen LogP contribution in [0.1, 0.15) is 12.6 Å². The third kappa shape index (κ3) is 4.75. The second-order valence-electron chi connectivity index (χ2n) is 4.48. The van der Waals surface area contributed by atoms with Crippen LogP contribution in [-0.4, -0.2) is 21.1 Å². The van der Waals surface area contributed by atoms with Gasteiger partial charge in [-0.2, -0.15) is 0 Å². The normalized spacial score (nSPS) is 10.5. The van der Waals surface area contributed by atoms with Crippen LogP contribution in [0, 0.1) is 0 Å². The monoisotopic (exact) mass is 363 g/mol. The van der Waals surface area contributed by atoms with Gasteiger partial charge in [0.15, 0.2) is 9.47 Å². The molecule has 3 aromatic rings. The molecule has 0 spiro atoms. The molecule has 0 radical (unpaired) electrons. The van der Waals surface area contributed by atoms with E-state index in [0.717, 1.165) is 20.9 Å². The van der Waals surface area contributed by atoms with E-state index >= 15 is 0 Å². The van der Waals surface area contributed by atoms with E-state index in [0.29, 0.717) is 10.9 Å². The van der Waals surface area contributed by atoms with Crippen LogP contribution >= 0.6 is 34.4 Å². The van der Waals surface area contributed by atoms with Gasteiger partial charge < -0.3 is 10.6 Å². The number of nitrogens with one attached hydrogen (secondary N) is 2. The highest BCUT2D eigenvalue weighted by Gasteiger charge is 2.08. The van der Waals surface area contributed by atoms with Crippen molar-refractivity contribution in [1.29, 1.82) is 0 Å². The number of hydrogen-bond acceptors (Lipinski definition) is 8. The lowest BCUT2D eigenvalue weighted by Crippen LogP contribution is -2.05. The number of amides is 1. The number of carbonyl (C=O) groups is 1. The maximum Gasteiger partial charge on any atom is 0.223 e. The van der Waals surface area contributed by atoms with E-state index in [-0.39, 0.29) is 5.91 Å². The van der Waals surface area contributed by atoms with Gasteiger partial charge in [-0.05, 0) is 12.1 Å². The van der Waals surface area contributed by atoms with Crippen molar-refractivity contribution >= 4 is 56.3 Å². The average Bonchev–Trinajstić information content (AvgIpc) is 3.15. The Bertz CT molecular complexity index is 787. The van der Waals surface area contributed by atoms with Crippen molar-refractivity contribution < 1.29 is 4.79 Å². The van der Waals surface area contributed by atoms with Gasteiger partial charge in [-0.3, -0.25) is 4.79 Å². The van der Waals surface area contributed by atoms with Crippen molar-refractivity contribution in [3.63, 3.8) is 0 Å². The third-order valence-electron chi connectivity index (χ3n) is 2.61. The predicted octanol–water partition coefficient (Wildman–Crippen LogP) is 3.99. The fourth-order valence-electron chi connectivity index (χ4n) is 1.68. The van der Waals surface area contributed by atoms with Gasteiger partial charge in [0.05, 0.1) is 5.69 Å². The molecular weight excluding hydrogens is 350 g/mol. The van der Waals surface area contributed by atoms with Crippen molar-refractivity contribution in [1.82, 2.24) is 15.2 Å². The van der Waals surface area contributed by atoms with Crippen LogP contribution in [0.15, 0.2) is 40.1 Å². The number of para-hydroxylation sites is 1. The van der Waals surface area contributed by atoms with Gasteiger partial charge in [-0.25, -0.2) is 4.98 Å². The molecule has 23 heavy (non-hydrogen) atoms. The lowest BCUT2D eigenvalue weighted by atomic mass is 10.3. The van der Waals surface area contributed by atoms with E-state index in [9.17, 15) is 4.79 Å². The molecule has 2 N–H and O–H groups in total. The standard InChI is InChI=1S/C14H13N5OS3/c1-9(20)15-12-17-11(7-21-12)8-22-14-19-18-13(23-14)16-10-5-3-2-4-6-10/h2-7H,8H2,1H3,(H,16,18)(H,15,17,20). The quantitative estimate of drug-likeness (QED) is 0.645. The number of thioether (sulfide) groups is 1. The Morgan fingerprint density at radius 3 is 2.83 bits per heavy atom. The molecular formula is C14H13N5OS3. The second-order valence-corrected chi connectivity index (χ2v) is 7.54. The molecule has 0 saturated heterocycles. The molecule has 3 rings (SSSR count). The maximum atomic E-state index is 11.0. The number of hydrogen-bond donors (Lipinski definition) is 2. The summed E-state index contributed by atoms with van der Waals surface area (Å²) in [5.74, 6) is 0.579. The summed E-state index contributed by atoms with van der Waals surface area (Å²) in [6.07, 6.45) is 0. The van der Waals surface area contributed by atoms with E-state index in [1.807, 2.05) is 35.7 Å². The van der Waals surface area contributed by atoms with Crippen LogP contribution in [-0.2, 0) is 10.5 Å². The van der Waals surface area contributed by atoms with Gasteiger partial charge in [0, 0.05) is 23.7 Å². The minimum absolute atomic E-state index is 0.112. The first-order chi connectivity index (χ1) is 11.2. The topological polar surface area (TPSA) is 79.8 Å².